The number of nitrogens with zero attached hydrogens (tertiary/aromatic N) is 1. The number of nitrogens with one attached hydrogen (secondary N) is 1. The molecule has 0 aliphatic heterocycles. The molecule has 3 atom stereocenters. The summed E-state index contributed by atoms with van der Waals surface area (Å²) in [5.41, 5.74) is 0. The summed E-state index contributed by atoms with van der Waals surface area (Å²) >= 11 is 0. The van der Waals surface area contributed by atoms with Gasteiger partial charge in [-0.05, 0) is 83.5 Å². The molecule has 65 heavy (non-hydrogen) atoms. The van der Waals surface area contributed by atoms with Crippen molar-refractivity contribution in [1.82, 2.24) is 5.32 Å². The Labute approximate surface area is 401 Å². The van der Waals surface area contributed by atoms with E-state index in [4.69, 9.17) is 9.05 Å². The van der Waals surface area contributed by atoms with E-state index in [0.29, 0.717) is 17.4 Å². The molecule has 0 rings (SSSR count). The number of quaternary nitrogens is 1. The molecule has 0 aromatic rings. The fourth-order valence-corrected chi connectivity index (χ4v) is 7.90. The van der Waals surface area contributed by atoms with Crippen LogP contribution in [-0.2, 0) is 18.4 Å². The number of phosphoric ester groups is 1. The van der Waals surface area contributed by atoms with Gasteiger partial charge < -0.3 is 28.8 Å². The molecule has 0 heterocycles. The van der Waals surface area contributed by atoms with Gasteiger partial charge >= 0.3 is 0 Å². The van der Waals surface area contributed by atoms with Crippen molar-refractivity contribution in [3.05, 3.63) is 85.1 Å². The van der Waals surface area contributed by atoms with E-state index in [-0.39, 0.29) is 12.5 Å². The molecular weight excluding hydrogens is 828 g/mol. The average Bonchev–Trinajstić information content (AvgIpc) is 3.26. The minimum atomic E-state index is -4.61. The van der Waals surface area contributed by atoms with Gasteiger partial charge in [0.15, 0.2) is 0 Å². The second kappa shape index (κ2) is 46.8. The van der Waals surface area contributed by atoms with Gasteiger partial charge in [-0.25, -0.2) is 0 Å². The Morgan fingerprint density at radius 3 is 1.43 bits per heavy atom. The number of hydrogen-bond donors (Lipinski definition) is 2. The molecule has 0 fully saturated rings. The number of carbonyl (C=O) groups excluding carboxylic acids is 1. The van der Waals surface area contributed by atoms with Crippen LogP contribution in [-0.4, -0.2) is 68.5 Å². The zero-order valence-electron chi connectivity index (χ0n) is 42.7. The van der Waals surface area contributed by atoms with Gasteiger partial charge in [-0.2, -0.15) is 0 Å². The highest BCUT2D eigenvalue weighted by atomic mass is 31.2. The van der Waals surface area contributed by atoms with Gasteiger partial charge in [0.1, 0.15) is 13.2 Å². The first-order valence-electron chi connectivity index (χ1n) is 26.4. The van der Waals surface area contributed by atoms with Gasteiger partial charge in [0.05, 0.1) is 39.9 Å². The summed E-state index contributed by atoms with van der Waals surface area (Å²) in [4.78, 5) is 25.4. The van der Waals surface area contributed by atoms with Crippen molar-refractivity contribution in [3.63, 3.8) is 0 Å². The van der Waals surface area contributed by atoms with Crippen molar-refractivity contribution in [2.75, 3.05) is 40.9 Å². The van der Waals surface area contributed by atoms with Crippen LogP contribution in [0.5, 0.6) is 0 Å². The van der Waals surface area contributed by atoms with Gasteiger partial charge in [0.2, 0.25) is 5.91 Å². The van der Waals surface area contributed by atoms with E-state index < -0.39 is 26.6 Å². The molecule has 8 nitrogen and oxygen atoms in total. The molecular formula is C56H101N2O6P. The summed E-state index contributed by atoms with van der Waals surface area (Å²) in [6.45, 7) is 4.50. The Morgan fingerprint density at radius 2 is 0.954 bits per heavy atom. The van der Waals surface area contributed by atoms with Gasteiger partial charge in [-0.3, -0.25) is 9.36 Å². The summed E-state index contributed by atoms with van der Waals surface area (Å²) < 4.78 is 23.3. The van der Waals surface area contributed by atoms with Gasteiger partial charge in [0.25, 0.3) is 7.82 Å². The standard InChI is InChI=1S/C56H101N2O6P/c1-6-8-10-12-14-16-18-20-22-24-26-27-28-29-30-31-32-34-36-38-40-42-44-46-48-50-56(60)57-54(53-64-65(61,62)63-52-51-58(3,4)5)55(59)49-47-45-43-41-39-37-35-33-25-23-21-19-17-15-13-11-9-7-2/h8,10,14,16,20,22,25-27,33,39,41,47,49,54-55,59H,6-7,9,11-13,15,17-19,21,23-24,28-32,34-38,40,42-46,48,50-53H2,1-5H3,(H-,57,60,61,62)/b10-8-,16-14-,22-20-,27-26-,33-25+,41-39+,49-47+. The quantitative estimate of drug-likeness (QED) is 0.0272. The molecule has 1 amide bonds. The number of amides is 1. The highest BCUT2D eigenvalue weighted by molar-refractivity contribution is 7.45. The number of hydrogen-bond acceptors (Lipinski definition) is 6. The SMILES string of the molecule is CC/C=C\C/C=C\C/C=C\C/C=C\CCCCCCCCCCCCCCC(=O)NC(COP(=O)([O-])OCC[N+](C)(C)C)C(O)/C=C/CC/C=C/CC/C=C/CCCCCCCCCC. The summed E-state index contributed by atoms with van der Waals surface area (Å²) in [5, 5.41) is 13.8. The van der Waals surface area contributed by atoms with E-state index in [2.05, 4.69) is 92.1 Å². The number of rotatable bonds is 47. The Kier molecular flexibility index (Phi) is 45.1. The fraction of sp³-hybridized carbons (Fsp3) is 0.732. The molecule has 0 aromatic heterocycles. The maximum atomic E-state index is 12.9. The van der Waals surface area contributed by atoms with Crippen LogP contribution in [0.3, 0.4) is 0 Å². The van der Waals surface area contributed by atoms with Crippen molar-refractivity contribution >= 4 is 13.7 Å². The molecule has 0 saturated carbocycles. The summed E-state index contributed by atoms with van der Waals surface area (Å²) in [6.07, 6.45) is 65.0. The van der Waals surface area contributed by atoms with E-state index in [1.165, 1.54) is 122 Å². The molecule has 376 valence electrons. The third kappa shape index (κ3) is 49.4. The van der Waals surface area contributed by atoms with Crippen LogP contribution in [0.1, 0.15) is 213 Å². The maximum Gasteiger partial charge on any atom is 0.268 e. The number of carbonyl (C=O) groups is 1. The minimum absolute atomic E-state index is 0.0128. The van der Waals surface area contributed by atoms with Gasteiger partial charge in [-0.15, -0.1) is 0 Å². The topological polar surface area (TPSA) is 108 Å². The monoisotopic (exact) mass is 929 g/mol. The Hall–Kier alpha value is -2.32. The number of aliphatic hydroxyl groups excluding tert-OH is 1. The highest BCUT2D eigenvalue weighted by Gasteiger charge is 2.23. The van der Waals surface area contributed by atoms with E-state index in [1.807, 2.05) is 27.2 Å². The molecule has 0 spiro atoms. The summed E-state index contributed by atoms with van der Waals surface area (Å²) in [6, 6.07) is -0.915. The third-order valence-corrected chi connectivity index (χ3v) is 12.3. The van der Waals surface area contributed by atoms with Crippen LogP contribution in [0.4, 0.5) is 0 Å². The fourth-order valence-electron chi connectivity index (χ4n) is 7.18. The zero-order valence-corrected chi connectivity index (χ0v) is 43.6. The van der Waals surface area contributed by atoms with E-state index in [9.17, 15) is 19.4 Å². The maximum absolute atomic E-state index is 12.9. The normalized spacial score (nSPS) is 14.8. The zero-order chi connectivity index (χ0) is 47.8. The largest absolute Gasteiger partial charge is 0.756 e. The molecule has 0 aromatic carbocycles. The second-order valence-electron chi connectivity index (χ2n) is 18.8. The van der Waals surface area contributed by atoms with E-state index in [1.54, 1.807) is 6.08 Å². The lowest BCUT2D eigenvalue weighted by Gasteiger charge is -2.29. The number of unbranched alkanes of at least 4 members (excludes halogenated alkanes) is 22. The minimum Gasteiger partial charge on any atom is -0.756 e. The van der Waals surface area contributed by atoms with Crippen molar-refractivity contribution in [2.45, 2.75) is 225 Å². The van der Waals surface area contributed by atoms with Crippen LogP contribution in [0, 0.1) is 0 Å². The van der Waals surface area contributed by atoms with Crippen molar-refractivity contribution < 1.29 is 32.9 Å². The second-order valence-corrected chi connectivity index (χ2v) is 20.2. The lowest BCUT2D eigenvalue weighted by atomic mass is 10.0. The Morgan fingerprint density at radius 1 is 0.554 bits per heavy atom. The average molecular weight is 929 g/mol. The lowest BCUT2D eigenvalue weighted by molar-refractivity contribution is -0.870. The molecule has 3 unspecified atom stereocenters. The molecule has 0 saturated heterocycles. The first-order chi connectivity index (χ1) is 31.5. The van der Waals surface area contributed by atoms with Crippen LogP contribution >= 0.6 is 7.82 Å². The van der Waals surface area contributed by atoms with Crippen molar-refractivity contribution in [2.24, 2.45) is 0 Å². The first kappa shape index (κ1) is 62.7. The van der Waals surface area contributed by atoms with E-state index in [0.717, 1.165) is 70.6 Å². The predicted octanol–water partition coefficient (Wildman–Crippen LogP) is 15.1. The number of allylic oxidation sites excluding steroid dienone is 13. The molecule has 9 heteroatoms. The third-order valence-electron chi connectivity index (χ3n) is 11.3. The predicted molar refractivity (Wildman–Crippen MR) is 279 cm³/mol. The van der Waals surface area contributed by atoms with Crippen LogP contribution < -0.4 is 10.2 Å². The first-order valence-corrected chi connectivity index (χ1v) is 27.9. The van der Waals surface area contributed by atoms with Crippen LogP contribution in [0.2, 0.25) is 0 Å². The number of likely N-dealkylation sites (N-methyl/N-ethyl adjacent to an activating group) is 1. The highest BCUT2D eigenvalue weighted by Crippen LogP contribution is 2.38. The van der Waals surface area contributed by atoms with Crippen molar-refractivity contribution in [3.8, 4) is 0 Å². The molecule has 0 radical (unpaired) electrons. The Bertz CT molecular complexity index is 1330. The summed E-state index contributed by atoms with van der Waals surface area (Å²) in [5.74, 6) is -0.217. The van der Waals surface area contributed by atoms with Gasteiger partial charge in [0, 0.05) is 6.42 Å². The van der Waals surface area contributed by atoms with Gasteiger partial charge in [-0.1, -0.05) is 208 Å². The van der Waals surface area contributed by atoms with Crippen LogP contribution in [0.15, 0.2) is 85.1 Å². The number of phosphoric acid groups is 1. The molecule has 0 aliphatic carbocycles. The molecule has 0 bridgehead atoms. The number of aliphatic hydroxyl groups is 1. The lowest BCUT2D eigenvalue weighted by Crippen LogP contribution is -2.45. The smallest absolute Gasteiger partial charge is 0.268 e. The Balaban J connectivity index is 4.33. The van der Waals surface area contributed by atoms with E-state index >= 15 is 0 Å². The van der Waals surface area contributed by atoms with Crippen LogP contribution in [0.25, 0.3) is 0 Å². The van der Waals surface area contributed by atoms with Crippen molar-refractivity contribution in [1.29, 1.82) is 0 Å². The summed E-state index contributed by atoms with van der Waals surface area (Å²) in [7, 11) is 1.22. The molecule has 0 aliphatic rings. The molecule has 2 N–H and O–H groups in total.